The third kappa shape index (κ3) is 4.94. The molecule has 3 aromatic rings. The zero-order valence-electron chi connectivity index (χ0n) is 17.0. The second kappa shape index (κ2) is 9.67. The topological polar surface area (TPSA) is 48.0 Å². The van der Waals surface area contributed by atoms with Crippen molar-refractivity contribution < 1.29 is 19.0 Å². The quantitative estimate of drug-likeness (QED) is 0.527. The summed E-state index contributed by atoms with van der Waals surface area (Å²) in [5.74, 6) is 2.44. The van der Waals surface area contributed by atoms with E-state index in [1.54, 1.807) is 18.4 Å². The van der Waals surface area contributed by atoms with Crippen LogP contribution in [-0.4, -0.2) is 31.1 Å². The molecular formula is C24H25NO4S. The third-order valence-corrected chi connectivity index (χ3v) is 5.93. The predicted molar refractivity (Wildman–Crippen MR) is 117 cm³/mol. The second-order valence-electron chi connectivity index (χ2n) is 7.12. The molecule has 5 nitrogen and oxygen atoms in total. The molecule has 0 unspecified atom stereocenters. The maximum Gasteiger partial charge on any atom is 0.223 e. The first-order valence-electron chi connectivity index (χ1n) is 10.0. The van der Waals surface area contributed by atoms with E-state index in [9.17, 15) is 4.79 Å². The minimum absolute atomic E-state index is 0.115. The van der Waals surface area contributed by atoms with Gasteiger partial charge in [0.1, 0.15) is 19.0 Å². The van der Waals surface area contributed by atoms with Crippen LogP contribution in [-0.2, 0) is 24.3 Å². The molecule has 0 radical (unpaired) electrons. The Balaban J connectivity index is 1.46. The van der Waals surface area contributed by atoms with Crippen LogP contribution in [0.3, 0.4) is 0 Å². The molecule has 0 saturated carbocycles. The average molecular weight is 424 g/mol. The Morgan fingerprint density at radius 2 is 1.87 bits per heavy atom. The lowest BCUT2D eigenvalue weighted by atomic mass is 10.1. The van der Waals surface area contributed by atoms with Crippen molar-refractivity contribution in [2.24, 2.45) is 0 Å². The van der Waals surface area contributed by atoms with E-state index in [1.165, 1.54) is 0 Å². The molecule has 30 heavy (non-hydrogen) atoms. The number of thiophene rings is 1. The van der Waals surface area contributed by atoms with Crippen LogP contribution >= 0.6 is 11.3 Å². The molecule has 0 fully saturated rings. The highest BCUT2D eigenvalue weighted by Gasteiger charge is 2.18. The van der Waals surface area contributed by atoms with Gasteiger partial charge in [0.25, 0.3) is 0 Å². The summed E-state index contributed by atoms with van der Waals surface area (Å²) < 4.78 is 16.7. The summed E-state index contributed by atoms with van der Waals surface area (Å²) in [4.78, 5) is 16.2. The predicted octanol–water partition coefficient (Wildman–Crippen LogP) is 4.69. The molecule has 156 valence electrons. The Labute approximate surface area is 180 Å². The van der Waals surface area contributed by atoms with Crippen molar-refractivity contribution in [3.63, 3.8) is 0 Å². The first-order valence-corrected chi connectivity index (χ1v) is 10.9. The lowest BCUT2D eigenvalue weighted by molar-refractivity contribution is -0.132. The number of carbonyl (C=O) groups is 1. The van der Waals surface area contributed by atoms with Crippen LogP contribution in [0.2, 0.25) is 0 Å². The molecule has 0 saturated heterocycles. The van der Waals surface area contributed by atoms with E-state index in [-0.39, 0.29) is 5.91 Å². The van der Waals surface area contributed by atoms with Crippen molar-refractivity contribution in [1.29, 1.82) is 0 Å². The monoisotopic (exact) mass is 423 g/mol. The van der Waals surface area contributed by atoms with Crippen molar-refractivity contribution in [3.05, 3.63) is 76.0 Å². The smallest absolute Gasteiger partial charge is 0.223 e. The number of carbonyl (C=O) groups excluding carboxylic acids is 1. The molecule has 0 spiro atoms. The van der Waals surface area contributed by atoms with Gasteiger partial charge in [0.05, 0.1) is 13.7 Å². The summed E-state index contributed by atoms with van der Waals surface area (Å²) in [5, 5.41) is 2.04. The molecule has 1 aliphatic heterocycles. The normalized spacial score (nSPS) is 12.4. The number of fused-ring (bicyclic) bond motifs is 1. The Kier molecular flexibility index (Phi) is 6.54. The number of hydrogen-bond donors (Lipinski definition) is 0. The Bertz CT molecular complexity index is 987. The summed E-state index contributed by atoms with van der Waals surface area (Å²) in [7, 11) is 1.66. The van der Waals surface area contributed by atoms with E-state index in [1.807, 2.05) is 58.8 Å². The molecule has 0 aliphatic carbocycles. The Morgan fingerprint density at radius 3 is 2.67 bits per heavy atom. The van der Waals surface area contributed by atoms with Gasteiger partial charge in [-0.25, -0.2) is 0 Å². The van der Waals surface area contributed by atoms with Crippen LogP contribution in [0.5, 0.6) is 17.2 Å². The van der Waals surface area contributed by atoms with Gasteiger partial charge in [0.2, 0.25) is 5.91 Å². The maximum absolute atomic E-state index is 13.2. The second-order valence-corrected chi connectivity index (χ2v) is 8.15. The van der Waals surface area contributed by atoms with Gasteiger partial charge in [0, 0.05) is 23.4 Å². The Morgan fingerprint density at radius 1 is 1.03 bits per heavy atom. The first kappa shape index (κ1) is 20.3. The number of amides is 1. The van der Waals surface area contributed by atoms with Crippen LogP contribution in [0, 0.1) is 0 Å². The fraction of sp³-hybridized carbons (Fsp3) is 0.292. The van der Waals surface area contributed by atoms with Crippen LogP contribution in [0.1, 0.15) is 22.4 Å². The van der Waals surface area contributed by atoms with E-state index < -0.39 is 0 Å². The van der Waals surface area contributed by atoms with Crippen LogP contribution in [0.25, 0.3) is 0 Å². The first-order chi connectivity index (χ1) is 14.7. The lowest BCUT2D eigenvalue weighted by Gasteiger charge is -2.24. The van der Waals surface area contributed by atoms with Gasteiger partial charge in [-0.3, -0.25) is 4.79 Å². The van der Waals surface area contributed by atoms with E-state index in [4.69, 9.17) is 14.2 Å². The number of aryl methyl sites for hydroxylation is 1. The number of nitrogens with zero attached hydrogens (tertiary/aromatic N) is 1. The fourth-order valence-electron chi connectivity index (χ4n) is 3.51. The van der Waals surface area contributed by atoms with Gasteiger partial charge in [-0.05, 0) is 41.6 Å². The van der Waals surface area contributed by atoms with E-state index in [2.05, 4.69) is 6.07 Å². The number of rotatable bonds is 8. The zero-order valence-corrected chi connectivity index (χ0v) is 17.8. The molecule has 0 atom stereocenters. The number of ether oxygens (including phenoxy) is 3. The molecule has 2 heterocycles. The molecule has 0 bridgehead atoms. The van der Waals surface area contributed by atoms with Gasteiger partial charge in [-0.1, -0.05) is 30.3 Å². The van der Waals surface area contributed by atoms with Crippen molar-refractivity contribution >= 4 is 17.2 Å². The average Bonchev–Trinajstić information content (AvgIpc) is 3.30. The van der Waals surface area contributed by atoms with Crippen molar-refractivity contribution in [1.82, 2.24) is 4.90 Å². The highest BCUT2D eigenvalue weighted by molar-refractivity contribution is 7.09. The standard InChI is InChI=1S/C24H25NO4S/c1-27-21-7-3-2-5-19(21)16-25(17-20-6-4-14-30-20)24(26)11-9-18-8-10-22-23(15-18)29-13-12-28-22/h2-8,10,14-15H,9,11-13,16-17H2,1H3. The lowest BCUT2D eigenvalue weighted by Crippen LogP contribution is -2.30. The van der Waals surface area contributed by atoms with E-state index in [0.717, 1.165) is 33.3 Å². The van der Waals surface area contributed by atoms with Gasteiger partial charge in [-0.15, -0.1) is 11.3 Å². The Hall–Kier alpha value is -2.99. The summed E-state index contributed by atoms with van der Waals surface area (Å²) in [6, 6.07) is 17.8. The van der Waals surface area contributed by atoms with E-state index in [0.29, 0.717) is 39.1 Å². The van der Waals surface area contributed by atoms with Gasteiger partial charge in [0.15, 0.2) is 11.5 Å². The van der Waals surface area contributed by atoms with Gasteiger partial charge >= 0.3 is 0 Å². The van der Waals surface area contributed by atoms with Gasteiger partial charge in [-0.2, -0.15) is 0 Å². The SMILES string of the molecule is COc1ccccc1CN(Cc1cccs1)C(=O)CCc1ccc2c(c1)OCCO2. The fourth-order valence-corrected chi connectivity index (χ4v) is 4.23. The highest BCUT2D eigenvalue weighted by Crippen LogP contribution is 2.31. The zero-order chi connectivity index (χ0) is 20.8. The molecular weight excluding hydrogens is 398 g/mol. The molecule has 1 amide bonds. The largest absolute Gasteiger partial charge is 0.496 e. The van der Waals surface area contributed by atoms with E-state index >= 15 is 0 Å². The summed E-state index contributed by atoms with van der Waals surface area (Å²) >= 11 is 1.66. The molecule has 1 aromatic heterocycles. The summed E-state index contributed by atoms with van der Waals surface area (Å²) in [6.45, 7) is 2.24. The minimum Gasteiger partial charge on any atom is -0.496 e. The molecule has 0 N–H and O–H groups in total. The number of benzene rings is 2. The summed E-state index contributed by atoms with van der Waals surface area (Å²) in [6.07, 6.45) is 1.09. The molecule has 1 aliphatic rings. The summed E-state index contributed by atoms with van der Waals surface area (Å²) in [5.41, 5.74) is 2.07. The van der Waals surface area contributed by atoms with Crippen LogP contribution < -0.4 is 14.2 Å². The van der Waals surface area contributed by atoms with Crippen LogP contribution in [0.4, 0.5) is 0 Å². The maximum atomic E-state index is 13.2. The highest BCUT2D eigenvalue weighted by atomic mass is 32.1. The number of methoxy groups -OCH3 is 1. The minimum atomic E-state index is 0.115. The third-order valence-electron chi connectivity index (χ3n) is 5.07. The molecule has 6 heteroatoms. The molecule has 4 rings (SSSR count). The van der Waals surface area contributed by atoms with Crippen molar-refractivity contribution in [3.8, 4) is 17.2 Å². The van der Waals surface area contributed by atoms with Crippen molar-refractivity contribution in [2.75, 3.05) is 20.3 Å². The molecule has 2 aromatic carbocycles. The number of para-hydroxylation sites is 1. The van der Waals surface area contributed by atoms with Gasteiger partial charge < -0.3 is 19.1 Å². The van der Waals surface area contributed by atoms with Crippen molar-refractivity contribution in [2.45, 2.75) is 25.9 Å². The van der Waals surface area contributed by atoms with Crippen LogP contribution in [0.15, 0.2) is 60.0 Å². The number of hydrogen-bond acceptors (Lipinski definition) is 5.